The van der Waals surface area contributed by atoms with Crippen LogP contribution in [0.25, 0.3) is 0 Å². The van der Waals surface area contributed by atoms with Crippen LogP contribution in [-0.4, -0.2) is 6.54 Å². The number of nitrogens with two attached hydrogens (primary N) is 1. The molecule has 0 fully saturated rings. The highest BCUT2D eigenvalue weighted by molar-refractivity contribution is 9.10. The van der Waals surface area contributed by atoms with Crippen molar-refractivity contribution in [2.24, 2.45) is 5.73 Å². The van der Waals surface area contributed by atoms with Crippen LogP contribution in [0.5, 0.6) is 0 Å². The predicted octanol–water partition coefficient (Wildman–Crippen LogP) is 2.83. The molecule has 0 saturated carbocycles. The molecule has 0 spiro atoms. The fraction of sp³-hybridized carbons (Fsp3) is 0.455. The van der Waals surface area contributed by atoms with Gasteiger partial charge in [0.2, 0.25) is 0 Å². The summed E-state index contributed by atoms with van der Waals surface area (Å²) in [5.41, 5.74) is 8.70. The highest BCUT2D eigenvalue weighted by Gasteiger charge is 2.18. The van der Waals surface area contributed by atoms with Crippen molar-refractivity contribution in [3.05, 3.63) is 33.8 Å². The maximum absolute atomic E-state index is 5.74. The van der Waals surface area contributed by atoms with Crippen molar-refractivity contribution in [2.75, 3.05) is 6.54 Å². The van der Waals surface area contributed by atoms with Gasteiger partial charge in [-0.15, -0.1) is 0 Å². The first-order valence-electron chi connectivity index (χ1n) is 4.79. The van der Waals surface area contributed by atoms with Crippen molar-refractivity contribution in [1.82, 2.24) is 0 Å². The van der Waals surface area contributed by atoms with Crippen LogP contribution < -0.4 is 5.73 Å². The van der Waals surface area contributed by atoms with Gasteiger partial charge < -0.3 is 5.73 Å². The van der Waals surface area contributed by atoms with Crippen molar-refractivity contribution in [1.29, 1.82) is 0 Å². The first kappa shape index (κ1) is 9.22. The minimum absolute atomic E-state index is 0.594. The average Bonchev–Trinajstić information content (AvgIpc) is 2.16. The molecule has 1 atom stereocenters. The standard InChI is InChI=1S/C11H14BrN/c12-10-4-5-11-8(6-10)2-1-3-9(11)7-13/h4-6,9H,1-3,7,13H2/t9-/m1/s1. The molecule has 70 valence electrons. The van der Waals surface area contributed by atoms with Crippen molar-refractivity contribution < 1.29 is 0 Å². The Morgan fingerprint density at radius 3 is 3.08 bits per heavy atom. The number of rotatable bonds is 1. The van der Waals surface area contributed by atoms with E-state index in [1.807, 2.05) is 0 Å². The van der Waals surface area contributed by atoms with Crippen LogP contribution in [-0.2, 0) is 6.42 Å². The maximum atomic E-state index is 5.74. The first-order chi connectivity index (χ1) is 6.31. The molecule has 0 amide bonds. The third kappa shape index (κ3) is 1.79. The van der Waals surface area contributed by atoms with E-state index in [1.54, 1.807) is 0 Å². The number of hydrogen-bond acceptors (Lipinski definition) is 1. The average molecular weight is 240 g/mol. The highest BCUT2D eigenvalue weighted by Crippen LogP contribution is 2.32. The van der Waals surface area contributed by atoms with E-state index < -0.39 is 0 Å². The molecular weight excluding hydrogens is 226 g/mol. The van der Waals surface area contributed by atoms with Crippen LogP contribution in [0.1, 0.15) is 29.9 Å². The summed E-state index contributed by atoms with van der Waals surface area (Å²) in [7, 11) is 0. The van der Waals surface area contributed by atoms with Gasteiger partial charge in [0.05, 0.1) is 0 Å². The predicted molar refractivity (Wildman–Crippen MR) is 58.9 cm³/mol. The molecule has 0 bridgehead atoms. The quantitative estimate of drug-likeness (QED) is 0.802. The number of aryl methyl sites for hydroxylation is 1. The third-order valence-corrected chi connectivity index (χ3v) is 3.32. The van der Waals surface area contributed by atoms with E-state index in [4.69, 9.17) is 5.73 Å². The summed E-state index contributed by atoms with van der Waals surface area (Å²) in [4.78, 5) is 0. The van der Waals surface area contributed by atoms with Crippen LogP contribution in [0.3, 0.4) is 0 Å². The molecule has 0 unspecified atom stereocenters. The zero-order valence-electron chi connectivity index (χ0n) is 7.59. The van der Waals surface area contributed by atoms with E-state index in [9.17, 15) is 0 Å². The molecular formula is C11H14BrN. The second-order valence-electron chi connectivity index (χ2n) is 3.67. The van der Waals surface area contributed by atoms with Gasteiger partial charge in [0, 0.05) is 4.47 Å². The molecule has 1 aromatic carbocycles. The lowest BCUT2D eigenvalue weighted by Gasteiger charge is -2.24. The van der Waals surface area contributed by atoms with E-state index in [1.165, 1.54) is 34.9 Å². The summed E-state index contributed by atoms with van der Waals surface area (Å²) in [6, 6.07) is 6.57. The van der Waals surface area contributed by atoms with Crippen LogP contribution in [0.4, 0.5) is 0 Å². The second kappa shape index (κ2) is 3.81. The summed E-state index contributed by atoms with van der Waals surface area (Å²) in [5.74, 6) is 0.594. The summed E-state index contributed by atoms with van der Waals surface area (Å²) < 4.78 is 1.18. The van der Waals surface area contributed by atoms with Gasteiger partial charge in [-0.3, -0.25) is 0 Å². The van der Waals surface area contributed by atoms with Gasteiger partial charge in [-0.25, -0.2) is 0 Å². The van der Waals surface area contributed by atoms with Gasteiger partial charge in [0.15, 0.2) is 0 Å². The topological polar surface area (TPSA) is 26.0 Å². The molecule has 1 aliphatic carbocycles. The maximum Gasteiger partial charge on any atom is 0.0178 e. The van der Waals surface area contributed by atoms with Gasteiger partial charge in [0.25, 0.3) is 0 Å². The normalized spacial score (nSPS) is 21.2. The molecule has 0 aromatic heterocycles. The Hall–Kier alpha value is -0.340. The monoisotopic (exact) mass is 239 g/mol. The number of halogens is 1. The molecule has 2 heteroatoms. The van der Waals surface area contributed by atoms with Gasteiger partial charge >= 0.3 is 0 Å². The zero-order chi connectivity index (χ0) is 9.26. The van der Waals surface area contributed by atoms with Crippen LogP contribution in [0.15, 0.2) is 22.7 Å². The number of fused-ring (bicyclic) bond motifs is 1. The number of hydrogen-bond donors (Lipinski definition) is 1. The van der Waals surface area contributed by atoms with Gasteiger partial charge in [-0.05, 0) is 55.0 Å². The largest absolute Gasteiger partial charge is 0.330 e. The lowest BCUT2D eigenvalue weighted by Crippen LogP contribution is -2.18. The van der Waals surface area contributed by atoms with E-state index in [2.05, 4.69) is 34.1 Å². The Morgan fingerprint density at radius 2 is 2.31 bits per heavy atom. The Balaban J connectivity index is 2.40. The molecule has 1 nitrogen and oxygen atoms in total. The van der Waals surface area contributed by atoms with E-state index in [-0.39, 0.29) is 0 Å². The summed E-state index contributed by atoms with van der Waals surface area (Å²) in [5, 5.41) is 0. The fourth-order valence-corrected chi connectivity index (χ4v) is 2.54. The van der Waals surface area contributed by atoms with Crippen molar-refractivity contribution in [3.63, 3.8) is 0 Å². The summed E-state index contributed by atoms with van der Waals surface area (Å²) >= 11 is 3.50. The molecule has 0 aliphatic heterocycles. The minimum Gasteiger partial charge on any atom is -0.330 e. The van der Waals surface area contributed by atoms with Gasteiger partial charge in [0.1, 0.15) is 0 Å². The number of benzene rings is 1. The lowest BCUT2D eigenvalue weighted by molar-refractivity contribution is 0.560. The fourth-order valence-electron chi connectivity index (χ4n) is 2.13. The molecule has 13 heavy (non-hydrogen) atoms. The molecule has 0 radical (unpaired) electrons. The molecule has 0 heterocycles. The molecule has 0 saturated heterocycles. The second-order valence-corrected chi connectivity index (χ2v) is 4.58. The Bertz CT molecular complexity index is 309. The van der Waals surface area contributed by atoms with Gasteiger partial charge in [-0.2, -0.15) is 0 Å². The molecule has 2 rings (SSSR count). The lowest BCUT2D eigenvalue weighted by atomic mass is 9.83. The van der Waals surface area contributed by atoms with Crippen LogP contribution >= 0.6 is 15.9 Å². The third-order valence-electron chi connectivity index (χ3n) is 2.83. The van der Waals surface area contributed by atoms with Crippen LogP contribution in [0, 0.1) is 0 Å². The first-order valence-corrected chi connectivity index (χ1v) is 5.59. The Morgan fingerprint density at radius 1 is 1.46 bits per heavy atom. The van der Waals surface area contributed by atoms with Crippen LogP contribution in [0.2, 0.25) is 0 Å². The van der Waals surface area contributed by atoms with E-state index in [0.29, 0.717) is 5.92 Å². The molecule has 1 aliphatic rings. The summed E-state index contributed by atoms with van der Waals surface area (Å²) in [6.07, 6.45) is 3.75. The van der Waals surface area contributed by atoms with Crippen molar-refractivity contribution in [3.8, 4) is 0 Å². The van der Waals surface area contributed by atoms with Crippen molar-refractivity contribution >= 4 is 15.9 Å². The zero-order valence-corrected chi connectivity index (χ0v) is 9.18. The molecule has 2 N–H and O–H groups in total. The SMILES string of the molecule is NC[C@H]1CCCc2cc(Br)ccc21. The van der Waals surface area contributed by atoms with Crippen molar-refractivity contribution in [2.45, 2.75) is 25.2 Å². The Kier molecular flexibility index (Phi) is 2.70. The van der Waals surface area contributed by atoms with E-state index >= 15 is 0 Å². The Labute approximate surface area is 87.5 Å². The van der Waals surface area contributed by atoms with E-state index in [0.717, 1.165) is 6.54 Å². The molecule has 1 aromatic rings. The highest BCUT2D eigenvalue weighted by atomic mass is 79.9. The smallest absolute Gasteiger partial charge is 0.0178 e. The minimum atomic E-state index is 0.594. The van der Waals surface area contributed by atoms with Gasteiger partial charge in [-0.1, -0.05) is 22.0 Å². The summed E-state index contributed by atoms with van der Waals surface area (Å²) in [6.45, 7) is 0.786.